The smallest absolute Gasteiger partial charge is 0.127 e. The van der Waals surface area contributed by atoms with E-state index in [4.69, 9.17) is 5.11 Å². The Morgan fingerprint density at radius 2 is 2.36 bits per heavy atom. The Morgan fingerprint density at radius 3 is 3.00 bits per heavy atom. The number of rotatable bonds is 5. The molecule has 78 valence electrons. The number of aliphatic hydroxyl groups is 1. The average molecular weight is 195 g/mol. The van der Waals surface area contributed by atoms with Crippen molar-refractivity contribution in [1.29, 1.82) is 0 Å². The summed E-state index contributed by atoms with van der Waals surface area (Å²) in [4.78, 5) is 4.15. The van der Waals surface area contributed by atoms with Gasteiger partial charge in [-0.15, -0.1) is 0 Å². The highest BCUT2D eigenvalue weighted by Crippen LogP contribution is 2.12. The Morgan fingerprint density at radius 1 is 1.57 bits per heavy atom. The molecule has 0 aliphatic carbocycles. The highest BCUT2D eigenvalue weighted by atomic mass is 16.3. The zero-order valence-electron chi connectivity index (χ0n) is 8.62. The van der Waals surface area contributed by atoms with Crippen molar-refractivity contribution in [2.75, 3.05) is 23.8 Å². The topological polar surface area (TPSA) is 57.2 Å². The van der Waals surface area contributed by atoms with Crippen LogP contribution in [0, 0.1) is 0 Å². The van der Waals surface area contributed by atoms with E-state index >= 15 is 0 Å². The first-order valence-corrected chi connectivity index (χ1v) is 4.83. The maximum Gasteiger partial charge on any atom is 0.127 e. The van der Waals surface area contributed by atoms with Crippen LogP contribution in [0.2, 0.25) is 0 Å². The van der Waals surface area contributed by atoms with Crippen LogP contribution in [0.1, 0.15) is 13.8 Å². The molecule has 1 rings (SSSR count). The minimum absolute atomic E-state index is 0.0619. The van der Waals surface area contributed by atoms with Crippen molar-refractivity contribution in [3.05, 3.63) is 18.3 Å². The lowest BCUT2D eigenvalue weighted by molar-refractivity contribution is 0.281. The molecule has 0 saturated heterocycles. The van der Waals surface area contributed by atoms with E-state index in [1.165, 1.54) is 0 Å². The predicted molar refractivity (Wildman–Crippen MR) is 58.6 cm³/mol. The molecular weight excluding hydrogens is 178 g/mol. The quantitative estimate of drug-likeness (QED) is 0.663. The van der Waals surface area contributed by atoms with Crippen molar-refractivity contribution >= 4 is 11.5 Å². The van der Waals surface area contributed by atoms with E-state index in [0.29, 0.717) is 0 Å². The molecule has 0 bridgehead atoms. The molecule has 0 spiro atoms. The van der Waals surface area contributed by atoms with E-state index in [-0.39, 0.29) is 12.6 Å². The second kappa shape index (κ2) is 5.44. The van der Waals surface area contributed by atoms with Crippen molar-refractivity contribution in [2.45, 2.75) is 19.9 Å². The Bertz CT molecular complexity index is 278. The van der Waals surface area contributed by atoms with Crippen molar-refractivity contribution in [2.24, 2.45) is 0 Å². The Balaban J connectivity index is 2.63. The second-order valence-electron chi connectivity index (χ2n) is 3.19. The summed E-state index contributed by atoms with van der Waals surface area (Å²) >= 11 is 0. The number of nitrogens with zero attached hydrogens (tertiary/aromatic N) is 1. The number of hydrogen-bond acceptors (Lipinski definition) is 4. The molecule has 1 aromatic heterocycles. The molecular formula is C10H17N3O. The molecule has 14 heavy (non-hydrogen) atoms. The third-order valence-electron chi connectivity index (χ3n) is 1.80. The van der Waals surface area contributed by atoms with E-state index in [0.717, 1.165) is 18.1 Å². The van der Waals surface area contributed by atoms with Gasteiger partial charge in [-0.05, 0) is 19.9 Å². The number of anilines is 2. The standard InChI is InChI=1S/C10H17N3O/c1-3-11-10-6-9(4-5-12-10)13-8(2)7-14/h4-6,8,14H,3,7H2,1-2H3,(H2,11,12,13). The van der Waals surface area contributed by atoms with Gasteiger partial charge in [0.1, 0.15) is 5.82 Å². The summed E-state index contributed by atoms with van der Waals surface area (Å²) in [5.41, 5.74) is 0.970. The molecule has 0 saturated carbocycles. The highest BCUT2D eigenvalue weighted by molar-refractivity contribution is 5.52. The van der Waals surface area contributed by atoms with Gasteiger partial charge in [-0.1, -0.05) is 0 Å². The lowest BCUT2D eigenvalue weighted by Crippen LogP contribution is -2.19. The molecule has 0 radical (unpaired) electrons. The molecule has 0 amide bonds. The van der Waals surface area contributed by atoms with Crippen LogP contribution in [0.5, 0.6) is 0 Å². The van der Waals surface area contributed by atoms with E-state index in [9.17, 15) is 0 Å². The number of pyridine rings is 1. The molecule has 0 aliphatic rings. The monoisotopic (exact) mass is 195 g/mol. The third kappa shape index (κ3) is 3.22. The van der Waals surface area contributed by atoms with Gasteiger partial charge in [-0.3, -0.25) is 0 Å². The highest BCUT2D eigenvalue weighted by Gasteiger charge is 2.00. The fraction of sp³-hybridized carbons (Fsp3) is 0.500. The van der Waals surface area contributed by atoms with Crippen LogP contribution >= 0.6 is 0 Å². The molecule has 3 N–H and O–H groups in total. The average Bonchev–Trinajstić information content (AvgIpc) is 2.19. The van der Waals surface area contributed by atoms with Crippen LogP contribution in [-0.2, 0) is 0 Å². The lowest BCUT2D eigenvalue weighted by Gasteiger charge is -2.12. The summed E-state index contributed by atoms with van der Waals surface area (Å²) in [5, 5.41) is 15.2. The van der Waals surface area contributed by atoms with Gasteiger partial charge in [0.2, 0.25) is 0 Å². The van der Waals surface area contributed by atoms with E-state index < -0.39 is 0 Å². The van der Waals surface area contributed by atoms with E-state index in [2.05, 4.69) is 15.6 Å². The van der Waals surface area contributed by atoms with Crippen molar-refractivity contribution in [3.8, 4) is 0 Å². The summed E-state index contributed by atoms with van der Waals surface area (Å²) in [6, 6.07) is 3.87. The SMILES string of the molecule is CCNc1cc(NC(C)CO)ccn1. The maximum atomic E-state index is 8.88. The zero-order valence-corrected chi connectivity index (χ0v) is 8.62. The molecule has 1 aromatic rings. The van der Waals surface area contributed by atoms with Crippen molar-refractivity contribution < 1.29 is 5.11 Å². The Kier molecular flexibility index (Phi) is 4.19. The molecule has 1 atom stereocenters. The number of hydrogen-bond donors (Lipinski definition) is 3. The zero-order chi connectivity index (χ0) is 10.4. The van der Waals surface area contributed by atoms with Gasteiger partial charge in [0, 0.05) is 30.5 Å². The predicted octanol–water partition coefficient (Wildman–Crippen LogP) is 1.31. The van der Waals surface area contributed by atoms with Crippen LogP contribution in [0.4, 0.5) is 11.5 Å². The van der Waals surface area contributed by atoms with Gasteiger partial charge in [-0.25, -0.2) is 4.98 Å². The summed E-state index contributed by atoms with van der Waals surface area (Å²) in [6.07, 6.45) is 1.74. The van der Waals surface area contributed by atoms with Gasteiger partial charge in [0.05, 0.1) is 6.61 Å². The van der Waals surface area contributed by atoms with Gasteiger partial charge in [0.15, 0.2) is 0 Å². The molecule has 0 fully saturated rings. The fourth-order valence-electron chi connectivity index (χ4n) is 1.13. The van der Waals surface area contributed by atoms with Crippen LogP contribution in [0.15, 0.2) is 18.3 Å². The number of nitrogens with one attached hydrogen (secondary N) is 2. The van der Waals surface area contributed by atoms with Crippen LogP contribution in [0.3, 0.4) is 0 Å². The summed E-state index contributed by atoms with van der Waals surface area (Å²) in [5.74, 6) is 0.850. The largest absolute Gasteiger partial charge is 0.394 e. The third-order valence-corrected chi connectivity index (χ3v) is 1.80. The van der Waals surface area contributed by atoms with E-state index in [1.807, 2.05) is 26.0 Å². The molecule has 4 nitrogen and oxygen atoms in total. The molecule has 4 heteroatoms. The fourth-order valence-corrected chi connectivity index (χ4v) is 1.13. The molecule has 0 aliphatic heterocycles. The first-order chi connectivity index (χ1) is 6.76. The number of aromatic nitrogens is 1. The van der Waals surface area contributed by atoms with Crippen molar-refractivity contribution in [1.82, 2.24) is 4.98 Å². The van der Waals surface area contributed by atoms with Gasteiger partial charge >= 0.3 is 0 Å². The van der Waals surface area contributed by atoms with Crippen LogP contribution < -0.4 is 10.6 Å². The summed E-state index contributed by atoms with van der Waals surface area (Å²) < 4.78 is 0. The minimum Gasteiger partial charge on any atom is -0.394 e. The van der Waals surface area contributed by atoms with E-state index in [1.54, 1.807) is 6.20 Å². The van der Waals surface area contributed by atoms with Gasteiger partial charge < -0.3 is 15.7 Å². The van der Waals surface area contributed by atoms with Gasteiger partial charge in [-0.2, -0.15) is 0 Å². The lowest BCUT2D eigenvalue weighted by atomic mass is 10.3. The van der Waals surface area contributed by atoms with Gasteiger partial charge in [0.25, 0.3) is 0 Å². The van der Waals surface area contributed by atoms with Crippen molar-refractivity contribution in [3.63, 3.8) is 0 Å². The number of aliphatic hydroxyl groups excluding tert-OH is 1. The maximum absolute atomic E-state index is 8.88. The summed E-state index contributed by atoms with van der Waals surface area (Å²) in [7, 11) is 0. The Hall–Kier alpha value is -1.29. The molecule has 1 heterocycles. The first-order valence-electron chi connectivity index (χ1n) is 4.83. The summed E-state index contributed by atoms with van der Waals surface area (Å²) in [6.45, 7) is 4.93. The van der Waals surface area contributed by atoms with Crippen LogP contribution in [0.25, 0.3) is 0 Å². The first kappa shape index (κ1) is 10.8. The second-order valence-corrected chi connectivity index (χ2v) is 3.19. The Labute approximate surface area is 84.4 Å². The minimum atomic E-state index is 0.0619. The molecule has 1 unspecified atom stereocenters. The normalized spacial score (nSPS) is 12.2. The van der Waals surface area contributed by atoms with Crippen LogP contribution in [-0.4, -0.2) is 29.3 Å². The molecule has 0 aromatic carbocycles.